The highest BCUT2D eigenvalue weighted by Gasteiger charge is 2.61. The molecular weight excluding hydrogens is 598 g/mol. The van der Waals surface area contributed by atoms with Crippen LogP contribution in [0.25, 0.3) is 0 Å². The van der Waals surface area contributed by atoms with Crippen LogP contribution in [0.1, 0.15) is 5.69 Å². The van der Waals surface area contributed by atoms with E-state index in [1.165, 1.54) is 18.6 Å². The molecule has 0 aliphatic carbocycles. The van der Waals surface area contributed by atoms with Crippen molar-refractivity contribution in [3.05, 3.63) is 31.8 Å². The van der Waals surface area contributed by atoms with Gasteiger partial charge in [0.15, 0.2) is 16.9 Å². The minimum Gasteiger partial charge on any atom is -0.614 e. The van der Waals surface area contributed by atoms with Crippen LogP contribution in [0, 0.1) is 0 Å². The summed E-state index contributed by atoms with van der Waals surface area (Å²) in [5.41, 5.74) is -0.325. The molecule has 0 saturated carbocycles. The van der Waals surface area contributed by atoms with Gasteiger partial charge in [-0.25, -0.2) is 9.78 Å². The van der Waals surface area contributed by atoms with E-state index in [0.29, 0.717) is 9.80 Å². The number of β-lactam (4-membered cyclic amide) rings is 1. The lowest BCUT2D eigenvalue weighted by atomic mass is 10.0. The van der Waals surface area contributed by atoms with Gasteiger partial charge in [0.25, 0.3) is 11.8 Å². The summed E-state index contributed by atoms with van der Waals surface area (Å²) in [5, 5.41) is 18.6. The standard InChI is InChI=1S/C16H13Br2N5O7S2/c1-30-22-9(7-3-31-16(20-7)19-5-24)12(25)21-10-13(26)23-11(15(27)28)6(2-8(17)18)4-32(29)14(10)23/h2-3,5,10,14H,4H2,1H3,(H,21,25)(H,27,28)(H,19,20,24)/b22-9+/t10?,14-,32?/m1/s1. The SMILES string of the molecule is CO/N=C(/C(=O)NC1C(=O)N2C(C(=O)O)=C(C=C(Br)Br)C[S+]([O-])[C@H]12)c1csc(NC=O)n1. The Hall–Kier alpha value is -2.27. The van der Waals surface area contributed by atoms with E-state index in [0.717, 1.165) is 16.2 Å². The normalized spacial score (nSPS) is 22.5. The van der Waals surface area contributed by atoms with E-state index >= 15 is 0 Å². The Labute approximate surface area is 204 Å². The summed E-state index contributed by atoms with van der Waals surface area (Å²) in [6.45, 7) is 0. The third kappa shape index (κ3) is 4.73. The number of carboxylic acid groups (broad SMARTS) is 1. The Bertz CT molecular complexity index is 1070. The fourth-order valence-corrected chi connectivity index (χ4v) is 5.89. The largest absolute Gasteiger partial charge is 0.614 e. The van der Waals surface area contributed by atoms with Crippen molar-refractivity contribution in [3.63, 3.8) is 0 Å². The topological polar surface area (TPSA) is 173 Å². The maximum absolute atomic E-state index is 12.8. The number of hydrogen-bond donors (Lipinski definition) is 3. The molecule has 3 atom stereocenters. The third-order valence-corrected chi connectivity index (χ3v) is 7.10. The Morgan fingerprint density at radius 1 is 1.50 bits per heavy atom. The van der Waals surface area contributed by atoms with Gasteiger partial charge in [-0.05, 0) is 49.1 Å². The quantitative estimate of drug-likeness (QED) is 0.125. The van der Waals surface area contributed by atoms with Gasteiger partial charge >= 0.3 is 5.97 Å². The number of fused-ring (bicyclic) bond motifs is 1. The van der Waals surface area contributed by atoms with Crippen LogP contribution >= 0.6 is 43.2 Å². The number of anilines is 1. The summed E-state index contributed by atoms with van der Waals surface area (Å²) in [4.78, 5) is 57.5. The summed E-state index contributed by atoms with van der Waals surface area (Å²) in [5.74, 6) is -3.07. The number of carbonyl (C=O) groups excluding carboxylic acids is 3. The molecule has 12 nitrogen and oxygen atoms in total. The van der Waals surface area contributed by atoms with Gasteiger partial charge in [-0.2, -0.15) is 0 Å². The fraction of sp³-hybridized carbons (Fsp3) is 0.250. The molecule has 1 saturated heterocycles. The van der Waals surface area contributed by atoms with E-state index in [1.54, 1.807) is 0 Å². The minimum atomic E-state index is -1.69. The number of carboxylic acids is 1. The monoisotopic (exact) mass is 609 g/mol. The summed E-state index contributed by atoms with van der Waals surface area (Å²) in [7, 11) is 1.21. The van der Waals surface area contributed by atoms with Crippen LogP contribution in [0.4, 0.5) is 5.13 Å². The van der Waals surface area contributed by atoms with Crippen molar-refractivity contribution < 1.29 is 33.7 Å². The zero-order valence-electron chi connectivity index (χ0n) is 15.9. The minimum absolute atomic E-state index is 0.0767. The summed E-state index contributed by atoms with van der Waals surface area (Å²) < 4.78 is 13.2. The Balaban J connectivity index is 1.85. The molecule has 2 unspecified atom stereocenters. The second-order valence-electron chi connectivity index (χ2n) is 6.11. The number of nitrogens with zero attached hydrogens (tertiary/aromatic N) is 3. The van der Waals surface area contributed by atoms with Gasteiger partial charge in [0.2, 0.25) is 11.8 Å². The van der Waals surface area contributed by atoms with Gasteiger partial charge in [-0.1, -0.05) is 5.16 Å². The lowest BCUT2D eigenvalue weighted by Crippen LogP contribution is -2.75. The highest BCUT2D eigenvalue weighted by Crippen LogP contribution is 2.38. The molecule has 0 radical (unpaired) electrons. The number of amides is 3. The van der Waals surface area contributed by atoms with Crippen LogP contribution in [0.5, 0.6) is 0 Å². The number of halogens is 2. The number of hydrogen-bond acceptors (Lipinski definition) is 9. The lowest BCUT2D eigenvalue weighted by Gasteiger charge is -2.48. The maximum Gasteiger partial charge on any atom is 0.353 e. The molecule has 1 fully saturated rings. The molecule has 1 aromatic heterocycles. The second kappa shape index (κ2) is 10.1. The number of oxime groups is 1. The van der Waals surface area contributed by atoms with E-state index in [4.69, 9.17) is 0 Å². The fourth-order valence-electron chi connectivity index (χ4n) is 3.05. The summed E-state index contributed by atoms with van der Waals surface area (Å²) >= 11 is 5.59. The molecule has 3 amide bonds. The van der Waals surface area contributed by atoms with E-state index in [2.05, 4.69) is 57.5 Å². The molecule has 1 aromatic rings. The Morgan fingerprint density at radius 2 is 2.22 bits per heavy atom. The van der Waals surface area contributed by atoms with Crippen LogP contribution in [-0.4, -0.2) is 73.7 Å². The average molecular weight is 611 g/mol. The van der Waals surface area contributed by atoms with Crippen molar-refractivity contribution in [1.82, 2.24) is 15.2 Å². The average Bonchev–Trinajstić information content (AvgIpc) is 3.17. The lowest BCUT2D eigenvalue weighted by molar-refractivity contribution is -0.150. The predicted molar refractivity (Wildman–Crippen MR) is 122 cm³/mol. The zero-order chi connectivity index (χ0) is 23.6. The van der Waals surface area contributed by atoms with E-state index in [-0.39, 0.29) is 33.6 Å². The van der Waals surface area contributed by atoms with Crippen molar-refractivity contribution in [3.8, 4) is 0 Å². The van der Waals surface area contributed by atoms with Crippen LogP contribution in [0.3, 0.4) is 0 Å². The van der Waals surface area contributed by atoms with Crippen molar-refractivity contribution >= 4 is 89.4 Å². The molecule has 170 valence electrons. The smallest absolute Gasteiger partial charge is 0.353 e. The molecule has 3 N–H and O–H groups in total. The molecule has 0 bridgehead atoms. The highest BCUT2D eigenvalue weighted by molar-refractivity contribution is 9.28. The van der Waals surface area contributed by atoms with E-state index in [1.807, 2.05) is 0 Å². The number of nitrogens with one attached hydrogen (secondary N) is 2. The predicted octanol–water partition coefficient (Wildman–Crippen LogP) is 0.447. The first-order chi connectivity index (χ1) is 15.2. The Morgan fingerprint density at radius 3 is 2.81 bits per heavy atom. The summed E-state index contributed by atoms with van der Waals surface area (Å²) in [6.07, 6.45) is 1.83. The van der Waals surface area contributed by atoms with Crippen molar-refractivity contribution in [2.45, 2.75) is 11.4 Å². The van der Waals surface area contributed by atoms with Crippen molar-refractivity contribution in [2.24, 2.45) is 5.16 Å². The number of aromatic nitrogens is 1. The molecule has 2 aliphatic rings. The van der Waals surface area contributed by atoms with Gasteiger partial charge in [0.1, 0.15) is 24.3 Å². The van der Waals surface area contributed by atoms with Crippen molar-refractivity contribution in [2.75, 3.05) is 18.2 Å². The molecule has 0 aromatic carbocycles. The molecule has 0 spiro atoms. The number of thiazole rings is 1. The van der Waals surface area contributed by atoms with Gasteiger partial charge in [-0.15, -0.1) is 11.3 Å². The maximum atomic E-state index is 12.8. The molecule has 3 heterocycles. The number of aliphatic carboxylic acids is 1. The highest BCUT2D eigenvalue weighted by atomic mass is 79.9. The first-order valence-corrected chi connectivity index (χ1v) is 12.3. The van der Waals surface area contributed by atoms with Crippen LogP contribution in [-0.2, 0) is 35.2 Å². The van der Waals surface area contributed by atoms with E-state index < -0.39 is 40.4 Å². The summed E-state index contributed by atoms with van der Waals surface area (Å²) in [6, 6.07) is -1.23. The zero-order valence-corrected chi connectivity index (χ0v) is 20.7. The number of carbonyl (C=O) groups is 4. The molecule has 3 rings (SSSR count). The van der Waals surface area contributed by atoms with Crippen molar-refractivity contribution in [1.29, 1.82) is 0 Å². The van der Waals surface area contributed by atoms with Crippen LogP contribution in [0.15, 0.2) is 31.3 Å². The van der Waals surface area contributed by atoms with Crippen LogP contribution < -0.4 is 10.6 Å². The van der Waals surface area contributed by atoms with Gasteiger partial charge in [-0.3, -0.25) is 19.3 Å². The van der Waals surface area contributed by atoms with Gasteiger partial charge in [0.05, 0.1) is 3.39 Å². The molecule has 32 heavy (non-hydrogen) atoms. The number of allylic oxidation sites excluding steroid dienone is 1. The first-order valence-electron chi connectivity index (χ1n) is 8.47. The van der Waals surface area contributed by atoms with Crippen LogP contribution in [0.2, 0.25) is 0 Å². The van der Waals surface area contributed by atoms with E-state index in [9.17, 15) is 28.8 Å². The Kier molecular flexibility index (Phi) is 7.71. The number of rotatable bonds is 8. The molecule has 16 heteroatoms. The molecule has 2 aliphatic heterocycles. The molecular formula is C16H13Br2N5O7S2. The van der Waals surface area contributed by atoms with Gasteiger partial charge in [0, 0.05) is 11.0 Å². The first kappa shape index (κ1) is 24.4. The third-order valence-electron chi connectivity index (χ3n) is 4.25. The second-order valence-corrected chi connectivity index (χ2v) is 11.3. The van der Waals surface area contributed by atoms with Gasteiger partial charge < -0.3 is 25.1 Å².